The maximum atomic E-state index is 12.2. The number of carbonyl (C=O) groups is 1. The molecule has 0 amide bonds. The van der Waals surface area contributed by atoms with Crippen LogP contribution in [0.5, 0.6) is 0 Å². The van der Waals surface area contributed by atoms with E-state index in [4.69, 9.17) is 0 Å². The molecule has 2 aliphatic rings. The fourth-order valence-electron chi connectivity index (χ4n) is 3.10. The van der Waals surface area contributed by atoms with Crippen molar-refractivity contribution in [1.29, 1.82) is 0 Å². The van der Waals surface area contributed by atoms with Crippen LogP contribution in [0.4, 0.5) is 0 Å². The standard InChI is InChI=1S/C14H25NOS/c1-13(2)6-5-11(12(13)16)9-15-7-8-17-14(3,4)10-15/h11H,5-10H2,1-4H3. The van der Waals surface area contributed by atoms with Crippen LogP contribution in [0.1, 0.15) is 40.5 Å². The Balaban J connectivity index is 1.92. The Morgan fingerprint density at radius 3 is 2.59 bits per heavy atom. The predicted molar refractivity (Wildman–Crippen MR) is 74.5 cm³/mol. The van der Waals surface area contributed by atoms with Crippen molar-refractivity contribution in [3.63, 3.8) is 0 Å². The molecule has 2 nitrogen and oxygen atoms in total. The number of hydrogen-bond donors (Lipinski definition) is 0. The highest BCUT2D eigenvalue weighted by atomic mass is 32.2. The second-order valence-corrected chi connectivity index (χ2v) is 8.63. The summed E-state index contributed by atoms with van der Waals surface area (Å²) in [6.07, 6.45) is 2.17. The minimum absolute atomic E-state index is 0.0648. The van der Waals surface area contributed by atoms with Crippen LogP contribution in [0, 0.1) is 11.3 Å². The van der Waals surface area contributed by atoms with E-state index in [1.165, 1.54) is 5.75 Å². The van der Waals surface area contributed by atoms with Crippen molar-refractivity contribution >= 4 is 17.5 Å². The number of Topliss-reactive ketones (excluding diaryl/α,β-unsaturated/α-hetero) is 1. The van der Waals surface area contributed by atoms with Gasteiger partial charge in [-0.15, -0.1) is 0 Å². The molecular formula is C14H25NOS. The summed E-state index contributed by atoms with van der Waals surface area (Å²) in [5, 5.41) is 0. The molecule has 1 aliphatic carbocycles. The molecule has 2 rings (SSSR count). The van der Waals surface area contributed by atoms with Gasteiger partial charge in [-0.25, -0.2) is 0 Å². The number of nitrogens with zero attached hydrogens (tertiary/aromatic N) is 1. The number of carbonyl (C=O) groups excluding carboxylic acids is 1. The zero-order valence-corrected chi connectivity index (χ0v) is 12.4. The number of thioether (sulfide) groups is 1. The van der Waals surface area contributed by atoms with Crippen LogP contribution in [0.25, 0.3) is 0 Å². The first kappa shape index (κ1) is 13.4. The van der Waals surface area contributed by atoms with Gasteiger partial charge < -0.3 is 4.90 Å². The fraction of sp³-hybridized carbons (Fsp3) is 0.929. The van der Waals surface area contributed by atoms with E-state index in [0.717, 1.165) is 32.5 Å². The van der Waals surface area contributed by atoms with E-state index in [9.17, 15) is 4.79 Å². The zero-order valence-electron chi connectivity index (χ0n) is 11.6. The average Bonchev–Trinajstić information content (AvgIpc) is 2.44. The van der Waals surface area contributed by atoms with Gasteiger partial charge in [0.15, 0.2) is 0 Å². The predicted octanol–water partition coefficient (Wildman–Crippen LogP) is 2.82. The normalized spacial score (nSPS) is 32.9. The second kappa shape index (κ2) is 4.58. The Kier molecular flexibility index (Phi) is 3.61. The third kappa shape index (κ3) is 3.05. The highest BCUT2D eigenvalue weighted by Crippen LogP contribution is 2.38. The van der Waals surface area contributed by atoms with Crippen molar-refractivity contribution in [2.75, 3.05) is 25.4 Å². The zero-order chi connectivity index (χ0) is 12.7. The van der Waals surface area contributed by atoms with Crippen molar-refractivity contribution in [2.24, 2.45) is 11.3 Å². The lowest BCUT2D eigenvalue weighted by molar-refractivity contribution is -0.128. The molecule has 1 heterocycles. The third-order valence-electron chi connectivity index (χ3n) is 4.14. The van der Waals surface area contributed by atoms with Crippen molar-refractivity contribution < 1.29 is 4.79 Å². The van der Waals surface area contributed by atoms with Gasteiger partial charge in [0.2, 0.25) is 0 Å². The Morgan fingerprint density at radius 2 is 2.06 bits per heavy atom. The molecule has 98 valence electrons. The van der Waals surface area contributed by atoms with Crippen LogP contribution in [-0.2, 0) is 4.79 Å². The summed E-state index contributed by atoms with van der Waals surface area (Å²) >= 11 is 2.06. The topological polar surface area (TPSA) is 20.3 Å². The molecule has 0 spiro atoms. The Bertz CT molecular complexity index is 311. The van der Waals surface area contributed by atoms with Gasteiger partial charge in [-0.3, -0.25) is 4.79 Å². The molecule has 2 fully saturated rings. The molecule has 0 N–H and O–H groups in total. The lowest BCUT2D eigenvalue weighted by Crippen LogP contribution is -2.45. The van der Waals surface area contributed by atoms with E-state index in [2.05, 4.69) is 44.4 Å². The molecule has 1 unspecified atom stereocenters. The van der Waals surface area contributed by atoms with Crippen LogP contribution in [0.15, 0.2) is 0 Å². The molecule has 0 aromatic heterocycles. The lowest BCUT2D eigenvalue weighted by atomic mass is 9.89. The van der Waals surface area contributed by atoms with E-state index in [1.54, 1.807) is 0 Å². The van der Waals surface area contributed by atoms with Gasteiger partial charge in [0.05, 0.1) is 0 Å². The summed E-state index contributed by atoms with van der Waals surface area (Å²) in [4.78, 5) is 14.7. The quantitative estimate of drug-likeness (QED) is 0.757. The number of rotatable bonds is 2. The van der Waals surface area contributed by atoms with Gasteiger partial charge in [-0.1, -0.05) is 13.8 Å². The molecule has 17 heavy (non-hydrogen) atoms. The minimum Gasteiger partial charge on any atom is -0.300 e. The molecule has 0 radical (unpaired) electrons. The van der Waals surface area contributed by atoms with E-state index in [1.807, 2.05) is 0 Å². The molecule has 0 aromatic rings. The first-order valence-electron chi connectivity index (χ1n) is 6.71. The third-order valence-corrected chi connectivity index (χ3v) is 5.44. The molecule has 1 saturated carbocycles. The maximum absolute atomic E-state index is 12.2. The van der Waals surface area contributed by atoms with Crippen molar-refractivity contribution in [1.82, 2.24) is 4.90 Å². The monoisotopic (exact) mass is 255 g/mol. The highest BCUT2D eigenvalue weighted by Gasteiger charge is 2.41. The maximum Gasteiger partial charge on any atom is 0.142 e. The largest absolute Gasteiger partial charge is 0.300 e. The van der Waals surface area contributed by atoms with Crippen LogP contribution < -0.4 is 0 Å². The van der Waals surface area contributed by atoms with Crippen LogP contribution in [0.3, 0.4) is 0 Å². The lowest BCUT2D eigenvalue weighted by Gasteiger charge is -2.38. The Morgan fingerprint density at radius 1 is 1.35 bits per heavy atom. The first-order valence-corrected chi connectivity index (χ1v) is 7.69. The summed E-state index contributed by atoms with van der Waals surface area (Å²) in [5.74, 6) is 1.99. The SMILES string of the molecule is CC1(C)CN(CC2CCC(C)(C)C2=O)CCS1. The Labute approximate surface area is 110 Å². The van der Waals surface area contributed by atoms with Crippen molar-refractivity contribution in [2.45, 2.75) is 45.3 Å². The molecule has 0 aromatic carbocycles. The van der Waals surface area contributed by atoms with Crippen molar-refractivity contribution in [3.05, 3.63) is 0 Å². The van der Waals surface area contributed by atoms with Crippen molar-refractivity contribution in [3.8, 4) is 0 Å². The van der Waals surface area contributed by atoms with Gasteiger partial charge in [-0.05, 0) is 26.7 Å². The van der Waals surface area contributed by atoms with Gasteiger partial charge >= 0.3 is 0 Å². The summed E-state index contributed by atoms with van der Waals surface area (Å²) in [6.45, 7) is 12.1. The molecular weight excluding hydrogens is 230 g/mol. The molecule has 1 atom stereocenters. The van der Waals surface area contributed by atoms with E-state index in [0.29, 0.717) is 16.4 Å². The molecule has 3 heteroatoms. The number of ketones is 1. The molecule has 0 bridgehead atoms. The summed E-state index contributed by atoms with van der Waals surface area (Å²) in [6, 6.07) is 0. The minimum atomic E-state index is -0.0648. The second-order valence-electron chi connectivity index (χ2n) is 6.83. The summed E-state index contributed by atoms with van der Waals surface area (Å²) in [5.41, 5.74) is -0.0648. The van der Waals surface area contributed by atoms with Gasteiger partial charge in [-0.2, -0.15) is 11.8 Å². The smallest absolute Gasteiger partial charge is 0.142 e. The fourth-order valence-corrected chi connectivity index (χ4v) is 4.27. The van der Waals surface area contributed by atoms with E-state index >= 15 is 0 Å². The van der Waals surface area contributed by atoms with E-state index < -0.39 is 0 Å². The van der Waals surface area contributed by atoms with Crippen LogP contribution >= 0.6 is 11.8 Å². The van der Waals surface area contributed by atoms with Gasteiger partial charge in [0, 0.05) is 41.5 Å². The van der Waals surface area contributed by atoms with Gasteiger partial charge in [0.25, 0.3) is 0 Å². The summed E-state index contributed by atoms with van der Waals surface area (Å²) in [7, 11) is 0. The molecule has 1 saturated heterocycles. The Hall–Kier alpha value is -0.0200. The average molecular weight is 255 g/mol. The van der Waals surface area contributed by atoms with E-state index in [-0.39, 0.29) is 5.41 Å². The van der Waals surface area contributed by atoms with Gasteiger partial charge in [0.1, 0.15) is 5.78 Å². The highest BCUT2D eigenvalue weighted by molar-refractivity contribution is 8.00. The number of hydrogen-bond acceptors (Lipinski definition) is 3. The molecule has 1 aliphatic heterocycles. The van der Waals surface area contributed by atoms with Crippen LogP contribution in [0.2, 0.25) is 0 Å². The van der Waals surface area contributed by atoms with Crippen LogP contribution in [-0.4, -0.2) is 40.8 Å². The summed E-state index contributed by atoms with van der Waals surface area (Å²) < 4.78 is 0.357. The first-order chi connectivity index (χ1) is 7.80.